The van der Waals surface area contributed by atoms with Crippen molar-refractivity contribution in [3.05, 3.63) is 18.2 Å². The van der Waals surface area contributed by atoms with Crippen LogP contribution in [0.5, 0.6) is 0 Å². The summed E-state index contributed by atoms with van der Waals surface area (Å²) in [6.45, 7) is 1.46. The van der Waals surface area contributed by atoms with Gasteiger partial charge in [0.2, 0.25) is 0 Å². The smallest absolute Gasteiger partial charge is 0.271 e. The number of hydrogen-bond donors (Lipinski definition) is 2. The van der Waals surface area contributed by atoms with Crippen LogP contribution in [-0.2, 0) is 0 Å². The molecule has 3 rings (SSSR count). The van der Waals surface area contributed by atoms with Crippen molar-refractivity contribution in [3.63, 3.8) is 0 Å². The maximum Gasteiger partial charge on any atom is 0.271 e. The lowest BCUT2D eigenvalue weighted by Gasteiger charge is -2.17. The molecule has 0 bridgehead atoms. The number of aromatic amines is 1. The van der Waals surface area contributed by atoms with E-state index < -0.39 is 0 Å². The van der Waals surface area contributed by atoms with E-state index in [1.54, 1.807) is 6.20 Å². The molecule has 1 aliphatic heterocycles. The zero-order valence-corrected chi connectivity index (χ0v) is 8.97. The molecule has 1 aromatic heterocycles. The monoisotopic (exact) mass is 221 g/mol. The third-order valence-corrected chi connectivity index (χ3v) is 3.83. The lowest BCUT2D eigenvalue weighted by atomic mass is 10.00. The molecule has 3 unspecified atom stereocenters. The van der Waals surface area contributed by atoms with Crippen LogP contribution in [0.3, 0.4) is 0 Å². The maximum absolute atomic E-state index is 12.0. The number of carbonyl (C=O) groups excluding carboxylic acids is 1. The fourth-order valence-corrected chi connectivity index (χ4v) is 2.95. The number of H-pyrrole nitrogens is 1. The summed E-state index contributed by atoms with van der Waals surface area (Å²) in [6, 6.07) is 0. The van der Waals surface area contributed by atoms with Crippen molar-refractivity contribution in [2.75, 3.05) is 13.1 Å². The van der Waals surface area contributed by atoms with E-state index in [1.807, 2.05) is 4.90 Å². The highest BCUT2D eigenvalue weighted by Crippen LogP contribution is 2.38. The standard InChI is InChI=1S/C11H15N3O2/c15-10-2-1-7-4-14(5-8(7)10)11(16)9-3-12-6-13-9/h3,6-8,10,15H,1-2,4-5H2,(H,12,13). The molecule has 86 valence electrons. The van der Waals surface area contributed by atoms with Gasteiger partial charge in [-0.25, -0.2) is 4.98 Å². The molecule has 0 aromatic carbocycles. The van der Waals surface area contributed by atoms with E-state index in [0.29, 0.717) is 18.2 Å². The van der Waals surface area contributed by atoms with Crippen molar-refractivity contribution in [2.24, 2.45) is 11.8 Å². The Bertz CT molecular complexity index is 390. The first kappa shape index (κ1) is 9.84. The number of fused-ring (bicyclic) bond motifs is 1. The molecule has 2 aliphatic rings. The van der Waals surface area contributed by atoms with Crippen molar-refractivity contribution >= 4 is 5.91 Å². The van der Waals surface area contributed by atoms with Crippen LogP contribution in [0, 0.1) is 11.8 Å². The van der Waals surface area contributed by atoms with Gasteiger partial charge in [-0.05, 0) is 18.8 Å². The number of hydrogen-bond acceptors (Lipinski definition) is 3. The minimum atomic E-state index is -0.218. The summed E-state index contributed by atoms with van der Waals surface area (Å²) in [5.41, 5.74) is 0.537. The molecule has 1 saturated carbocycles. The molecule has 1 amide bonds. The molecule has 5 heteroatoms. The molecule has 2 N–H and O–H groups in total. The summed E-state index contributed by atoms with van der Waals surface area (Å²) >= 11 is 0. The second-order valence-corrected chi connectivity index (χ2v) is 4.74. The average Bonchev–Trinajstić information content (AvgIpc) is 2.96. The van der Waals surface area contributed by atoms with Crippen LogP contribution in [0.2, 0.25) is 0 Å². The molecule has 5 nitrogen and oxygen atoms in total. The number of likely N-dealkylation sites (tertiary alicyclic amines) is 1. The van der Waals surface area contributed by atoms with Gasteiger partial charge in [0.25, 0.3) is 5.91 Å². The third-order valence-electron chi connectivity index (χ3n) is 3.83. The van der Waals surface area contributed by atoms with Crippen LogP contribution in [0.25, 0.3) is 0 Å². The molecule has 0 radical (unpaired) electrons. The van der Waals surface area contributed by atoms with Crippen LogP contribution in [-0.4, -0.2) is 45.1 Å². The molecule has 1 saturated heterocycles. The lowest BCUT2D eigenvalue weighted by molar-refractivity contribution is 0.0747. The maximum atomic E-state index is 12.0. The topological polar surface area (TPSA) is 69.2 Å². The molecule has 0 spiro atoms. The Hall–Kier alpha value is -1.36. The van der Waals surface area contributed by atoms with Gasteiger partial charge < -0.3 is 15.0 Å². The van der Waals surface area contributed by atoms with Crippen molar-refractivity contribution in [3.8, 4) is 0 Å². The fraction of sp³-hybridized carbons (Fsp3) is 0.636. The number of aromatic nitrogens is 2. The minimum Gasteiger partial charge on any atom is -0.393 e. The highest BCUT2D eigenvalue weighted by atomic mass is 16.3. The number of aliphatic hydroxyl groups excluding tert-OH is 1. The number of imidazole rings is 1. The molecule has 16 heavy (non-hydrogen) atoms. The van der Waals surface area contributed by atoms with E-state index in [0.717, 1.165) is 19.4 Å². The normalized spacial score (nSPS) is 33.1. The Kier molecular flexibility index (Phi) is 2.21. The van der Waals surface area contributed by atoms with Crippen LogP contribution >= 0.6 is 0 Å². The van der Waals surface area contributed by atoms with E-state index in [2.05, 4.69) is 9.97 Å². The van der Waals surface area contributed by atoms with E-state index in [4.69, 9.17) is 0 Å². The largest absolute Gasteiger partial charge is 0.393 e. The van der Waals surface area contributed by atoms with E-state index in [9.17, 15) is 9.90 Å². The molecule has 3 atom stereocenters. The first-order chi connectivity index (χ1) is 7.75. The predicted molar refractivity (Wildman–Crippen MR) is 56.7 cm³/mol. The number of rotatable bonds is 1. The van der Waals surface area contributed by atoms with Crippen molar-refractivity contribution in [1.29, 1.82) is 0 Å². The van der Waals surface area contributed by atoms with Gasteiger partial charge in [-0.1, -0.05) is 0 Å². The van der Waals surface area contributed by atoms with Crippen LogP contribution in [0.4, 0.5) is 0 Å². The van der Waals surface area contributed by atoms with Gasteiger partial charge >= 0.3 is 0 Å². The first-order valence-electron chi connectivity index (χ1n) is 5.71. The van der Waals surface area contributed by atoms with E-state index in [-0.39, 0.29) is 17.9 Å². The molecule has 1 aliphatic carbocycles. The van der Waals surface area contributed by atoms with Gasteiger partial charge in [-0.2, -0.15) is 0 Å². The number of nitrogens with zero attached hydrogens (tertiary/aromatic N) is 2. The second-order valence-electron chi connectivity index (χ2n) is 4.74. The van der Waals surface area contributed by atoms with Crippen molar-refractivity contribution in [1.82, 2.24) is 14.9 Å². The first-order valence-corrected chi connectivity index (χ1v) is 5.71. The average molecular weight is 221 g/mol. The van der Waals surface area contributed by atoms with Crippen LogP contribution < -0.4 is 0 Å². The number of carbonyl (C=O) groups is 1. The summed E-state index contributed by atoms with van der Waals surface area (Å²) in [5.74, 6) is 0.771. The lowest BCUT2D eigenvalue weighted by Crippen LogP contribution is -2.31. The zero-order valence-electron chi connectivity index (χ0n) is 8.97. The van der Waals surface area contributed by atoms with Crippen molar-refractivity contribution in [2.45, 2.75) is 18.9 Å². The number of nitrogens with one attached hydrogen (secondary N) is 1. The number of amides is 1. The summed E-state index contributed by atoms with van der Waals surface area (Å²) < 4.78 is 0. The highest BCUT2D eigenvalue weighted by molar-refractivity contribution is 5.92. The van der Waals surface area contributed by atoms with Gasteiger partial charge in [0.05, 0.1) is 18.6 Å². The Labute approximate surface area is 93.5 Å². The van der Waals surface area contributed by atoms with Gasteiger partial charge in [0, 0.05) is 19.0 Å². The number of aliphatic hydroxyl groups is 1. The van der Waals surface area contributed by atoms with Crippen LogP contribution in [0.15, 0.2) is 12.5 Å². The van der Waals surface area contributed by atoms with Crippen LogP contribution in [0.1, 0.15) is 23.3 Å². The summed E-state index contributed by atoms with van der Waals surface area (Å²) in [7, 11) is 0. The SMILES string of the molecule is O=C(c1cnc[nH]1)N1CC2CCC(O)C2C1. The molecule has 1 aromatic rings. The molecule has 2 fully saturated rings. The van der Waals surface area contributed by atoms with Crippen molar-refractivity contribution < 1.29 is 9.90 Å². The zero-order chi connectivity index (χ0) is 11.1. The molecular weight excluding hydrogens is 206 g/mol. The highest BCUT2D eigenvalue weighted by Gasteiger charge is 2.43. The Balaban J connectivity index is 1.73. The summed E-state index contributed by atoms with van der Waals surface area (Å²) in [5, 5.41) is 9.77. The van der Waals surface area contributed by atoms with Gasteiger partial charge in [-0.15, -0.1) is 0 Å². The van der Waals surface area contributed by atoms with Gasteiger partial charge in [0.15, 0.2) is 0 Å². The Morgan fingerprint density at radius 2 is 2.38 bits per heavy atom. The summed E-state index contributed by atoms with van der Waals surface area (Å²) in [4.78, 5) is 20.5. The Morgan fingerprint density at radius 3 is 3.06 bits per heavy atom. The van der Waals surface area contributed by atoms with E-state index in [1.165, 1.54) is 6.33 Å². The van der Waals surface area contributed by atoms with Gasteiger partial charge in [-0.3, -0.25) is 4.79 Å². The minimum absolute atomic E-state index is 0.000833. The fourth-order valence-electron chi connectivity index (χ4n) is 2.95. The van der Waals surface area contributed by atoms with Gasteiger partial charge in [0.1, 0.15) is 5.69 Å². The Morgan fingerprint density at radius 1 is 1.50 bits per heavy atom. The second kappa shape index (κ2) is 3.59. The molecule has 2 heterocycles. The quantitative estimate of drug-likeness (QED) is 0.714. The third kappa shape index (κ3) is 1.43. The van der Waals surface area contributed by atoms with E-state index >= 15 is 0 Å². The molecular formula is C11H15N3O2. The summed E-state index contributed by atoms with van der Waals surface area (Å²) in [6.07, 6.45) is 4.77. The predicted octanol–water partition coefficient (Wildman–Crippen LogP) is 0.253.